The van der Waals surface area contributed by atoms with E-state index in [1.165, 1.54) is 64.3 Å². The van der Waals surface area contributed by atoms with Gasteiger partial charge in [-0.05, 0) is 64.0 Å². The first-order valence-corrected chi connectivity index (χ1v) is 8.13. The third-order valence-corrected chi connectivity index (χ3v) is 4.75. The SMILES string of the molecule is CCCNCC(C)CCC1CCC2(CCCC2)O1. The van der Waals surface area contributed by atoms with E-state index in [2.05, 4.69) is 19.2 Å². The summed E-state index contributed by atoms with van der Waals surface area (Å²) in [4.78, 5) is 0. The van der Waals surface area contributed by atoms with Gasteiger partial charge in [0.05, 0.1) is 11.7 Å². The third-order valence-electron chi connectivity index (χ3n) is 4.75. The van der Waals surface area contributed by atoms with Crippen molar-refractivity contribution >= 4 is 0 Å². The van der Waals surface area contributed by atoms with Gasteiger partial charge in [0.15, 0.2) is 0 Å². The van der Waals surface area contributed by atoms with Crippen LogP contribution in [0.3, 0.4) is 0 Å². The van der Waals surface area contributed by atoms with E-state index in [-0.39, 0.29) is 0 Å². The molecule has 0 aromatic heterocycles. The van der Waals surface area contributed by atoms with Gasteiger partial charge in [-0.3, -0.25) is 0 Å². The molecule has 0 radical (unpaired) electrons. The van der Waals surface area contributed by atoms with Gasteiger partial charge in [-0.25, -0.2) is 0 Å². The second-order valence-electron chi connectivity index (χ2n) is 6.56. The van der Waals surface area contributed by atoms with E-state index in [1.54, 1.807) is 0 Å². The molecule has 1 saturated heterocycles. The Kier molecular flexibility index (Phi) is 5.50. The third kappa shape index (κ3) is 3.96. The summed E-state index contributed by atoms with van der Waals surface area (Å²) in [6.45, 7) is 6.92. The molecule has 2 unspecified atom stereocenters. The molecule has 2 nitrogen and oxygen atoms in total. The zero-order valence-corrected chi connectivity index (χ0v) is 12.3. The molecule has 0 amide bonds. The fourth-order valence-corrected chi connectivity index (χ4v) is 3.58. The maximum absolute atomic E-state index is 6.37. The molecular weight excluding hydrogens is 222 g/mol. The molecule has 2 rings (SSSR count). The van der Waals surface area contributed by atoms with Gasteiger partial charge in [0.2, 0.25) is 0 Å². The van der Waals surface area contributed by atoms with E-state index in [0.29, 0.717) is 11.7 Å². The summed E-state index contributed by atoms with van der Waals surface area (Å²) in [5.74, 6) is 0.792. The average molecular weight is 253 g/mol. The van der Waals surface area contributed by atoms with Gasteiger partial charge < -0.3 is 10.1 Å². The Morgan fingerprint density at radius 2 is 2.06 bits per heavy atom. The van der Waals surface area contributed by atoms with E-state index in [9.17, 15) is 0 Å². The Morgan fingerprint density at radius 1 is 1.28 bits per heavy atom. The van der Waals surface area contributed by atoms with Crippen LogP contribution in [0.15, 0.2) is 0 Å². The summed E-state index contributed by atoms with van der Waals surface area (Å²) >= 11 is 0. The zero-order chi connectivity index (χ0) is 12.8. The van der Waals surface area contributed by atoms with E-state index in [1.807, 2.05) is 0 Å². The molecule has 18 heavy (non-hydrogen) atoms. The Bertz CT molecular complexity index is 235. The van der Waals surface area contributed by atoms with Crippen LogP contribution in [0.2, 0.25) is 0 Å². The summed E-state index contributed by atoms with van der Waals surface area (Å²) in [5, 5.41) is 3.52. The van der Waals surface area contributed by atoms with Crippen LogP contribution >= 0.6 is 0 Å². The summed E-state index contributed by atoms with van der Waals surface area (Å²) in [6, 6.07) is 0. The van der Waals surface area contributed by atoms with Gasteiger partial charge in [0, 0.05) is 0 Å². The second-order valence-corrected chi connectivity index (χ2v) is 6.56. The van der Waals surface area contributed by atoms with Crippen molar-refractivity contribution in [3.05, 3.63) is 0 Å². The summed E-state index contributed by atoms with van der Waals surface area (Å²) in [5.41, 5.74) is 0.328. The molecule has 1 heterocycles. The van der Waals surface area contributed by atoms with Crippen molar-refractivity contribution in [3.8, 4) is 0 Å². The van der Waals surface area contributed by atoms with Crippen molar-refractivity contribution in [1.82, 2.24) is 5.32 Å². The highest BCUT2D eigenvalue weighted by atomic mass is 16.5. The monoisotopic (exact) mass is 253 g/mol. The second kappa shape index (κ2) is 6.91. The van der Waals surface area contributed by atoms with E-state index >= 15 is 0 Å². The number of hydrogen-bond acceptors (Lipinski definition) is 2. The first-order valence-electron chi connectivity index (χ1n) is 8.13. The highest BCUT2D eigenvalue weighted by Crippen LogP contribution is 2.44. The summed E-state index contributed by atoms with van der Waals surface area (Å²) in [6.07, 6.45) is 12.5. The van der Waals surface area contributed by atoms with Gasteiger partial charge in [-0.15, -0.1) is 0 Å². The molecule has 2 fully saturated rings. The molecule has 2 aliphatic rings. The van der Waals surface area contributed by atoms with Crippen molar-refractivity contribution in [3.63, 3.8) is 0 Å². The molecule has 0 bridgehead atoms. The van der Waals surface area contributed by atoms with E-state index in [4.69, 9.17) is 4.74 Å². The first kappa shape index (κ1) is 14.3. The molecule has 1 aliphatic heterocycles. The van der Waals surface area contributed by atoms with Crippen LogP contribution in [-0.2, 0) is 4.74 Å². The molecular formula is C16H31NO. The maximum Gasteiger partial charge on any atom is 0.0687 e. The van der Waals surface area contributed by atoms with Crippen LogP contribution in [0, 0.1) is 5.92 Å². The lowest BCUT2D eigenvalue weighted by molar-refractivity contribution is -0.0404. The van der Waals surface area contributed by atoms with Crippen LogP contribution < -0.4 is 5.32 Å². The highest BCUT2D eigenvalue weighted by molar-refractivity contribution is 4.92. The molecule has 106 valence electrons. The summed E-state index contributed by atoms with van der Waals surface area (Å²) in [7, 11) is 0. The number of nitrogens with one attached hydrogen (secondary N) is 1. The number of hydrogen-bond donors (Lipinski definition) is 1. The Hall–Kier alpha value is -0.0800. The fourth-order valence-electron chi connectivity index (χ4n) is 3.58. The average Bonchev–Trinajstić information content (AvgIpc) is 2.98. The van der Waals surface area contributed by atoms with Crippen LogP contribution in [0.1, 0.15) is 71.6 Å². The highest BCUT2D eigenvalue weighted by Gasteiger charge is 2.41. The maximum atomic E-state index is 6.37. The van der Waals surface area contributed by atoms with Crippen LogP contribution in [0.25, 0.3) is 0 Å². The predicted molar refractivity (Wildman–Crippen MR) is 76.9 cm³/mol. The van der Waals surface area contributed by atoms with Crippen molar-refractivity contribution in [1.29, 1.82) is 0 Å². The summed E-state index contributed by atoms with van der Waals surface area (Å²) < 4.78 is 6.37. The molecule has 2 atom stereocenters. The Morgan fingerprint density at radius 3 is 2.78 bits per heavy atom. The zero-order valence-electron chi connectivity index (χ0n) is 12.3. The van der Waals surface area contributed by atoms with Gasteiger partial charge in [-0.2, -0.15) is 0 Å². The lowest BCUT2D eigenvalue weighted by Gasteiger charge is -2.24. The molecule has 1 saturated carbocycles. The van der Waals surface area contributed by atoms with Crippen molar-refractivity contribution in [2.45, 2.75) is 83.3 Å². The van der Waals surface area contributed by atoms with Crippen LogP contribution in [0.5, 0.6) is 0 Å². The molecule has 0 aromatic carbocycles. The molecule has 1 aliphatic carbocycles. The van der Waals surface area contributed by atoms with E-state index < -0.39 is 0 Å². The minimum absolute atomic E-state index is 0.328. The fraction of sp³-hybridized carbons (Fsp3) is 1.00. The number of rotatable bonds is 7. The quantitative estimate of drug-likeness (QED) is 0.695. The van der Waals surface area contributed by atoms with Crippen molar-refractivity contribution < 1.29 is 4.74 Å². The van der Waals surface area contributed by atoms with Crippen LogP contribution in [-0.4, -0.2) is 24.8 Å². The Balaban J connectivity index is 1.60. The molecule has 1 spiro atoms. The lowest BCUT2D eigenvalue weighted by atomic mass is 9.97. The van der Waals surface area contributed by atoms with Gasteiger partial charge in [0.1, 0.15) is 0 Å². The van der Waals surface area contributed by atoms with E-state index in [0.717, 1.165) is 12.5 Å². The largest absolute Gasteiger partial charge is 0.372 e. The van der Waals surface area contributed by atoms with Gasteiger partial charge in [0.25, 0.3) is 0 Å². The predicted octanol–water partition coefficient (Wildman–Crippen LogP) is 3.89. The number of ether oxygens (including phenoxy) is 1. The molecule has 0 aromatic rings. The molecule has 2 heteroatoms. The molecule has 1 N–H and O–H groups in total. The first-order chi connectivity index (χ1) is 8.74. The normalized spacial score (nSPS) is 28.0. The standard InChI is InChI=1S/C16H31NO/c1-3-12-17-13-14(2)6-7-15-8-11-16(18-15)9-4-5-10-16/h14-15,17H,3-13H2,1-2H3. The topological polar surface area (TPSA) is 21.3 Å². The lowest BCUT2D eigenvalue weighted by Crippen LogP contribution is -2.26. The Labute approximate surface area is 113 Å². The van der Waals surface area contributed by atoms with Gasteiger partial charge in [-0.1, -0.05) is 26.7 Å². The van der Waals surface area contributed by atoms with Crippen LogP contribution in [0.4, 0.5) is 0 Å². The minimum atomic E-state index is 0.328. The smallest absolute Gasteiger partial charge is 0.0687 e. The van der Waals surface area contributed by atoms with Crippen molar-refractivity contribution in [2.24, 2.45) is 5.92 Å². The minimum Gasteiger partial charge on any atom is -0.372 e. The van der Waals surface area contributed by atoms with Gasteiger partial charge >= 0.3 is 0 Å². The van der Waals surface area contributed by atoms with Crippen molar-refractivity contribution in [2.75, 3.05) is 13.1 Å².